The van der Waals surface area contributed by atoms with E-state index in [1.165, 1.54) is 12.1 Å². The molecule has 1 aromatic rings. The molecular weight excluding hydrogens is 323 g/mol. The molecule has 0 radical (unpaired) electrons. The van der Waals surface area contributed by atoms with E-state index < -0.39 is 23.8 Å². The summed E-state index contributed by atoms with van der Waals surface area (Å²) in [6.07, 6.45) is -5.34. The Balaban J connectivity index is 2.06. The van der Waals surface area contributed by atoms with Gasteiger partial charge < -0.3 is 14.7 Å². The Bertz CT molecular complexity index is 668. The number of rotatable bonds is 2. The van der Waals surface area contributed by atoms with Crippen molar-refractivity contribution in [3.8, 4) is 5.75 Å². The third-order valence-corrected chi connectivity index (χ3v) is 3.96. The third-order valence-electron chi connectivity index (χ3n) is 3.66. The van der Waals surface area contributed by atoms with E-state index in [9.17, 15) is 18.0 Å². The molecule has 1 fully saturated rings. The zero-order valence-electron chi connectivity index (χ0n) is 11.2. The Kier molecular flexibility index (Phi) is 3.47. The molecule has 0 saturated carbocycles. The van der Waals surface area contributed by atoms with E-state index in [-0.39, 0.29) is 11.3 Å². The molecule has 1 N–H and O–H groups in total. The molecule has 0 spiro atoms. The average Bonchev–Trinajstić information content (AvgIpc) is 2.35. The largest absolute Gasteiger partial charge is 0.478 e. The number of carbonyl (C=O) groups is 1. The van der Waals surface area contributed by atoms with Crippen molar-refractivity contribution < 1.29 is 27.8 Å². The molecule has 0 amide bonds. The Labute approximate surface area is 128 Å². The number of halogens is 4. The minimum Gasteiger partial charge on any atom is -0.478 e. The van der Waals surface area contributed by atoms with Crippen molar-refractivity contribution in [1.82, 2.24) is 0 Å². The van der Waals surface area contributed by atoms with Crippen molar-refractivity contribution in [2.24, 2.45) is 0 Å². The van der Waals surface area contributed by atoms with Gasteiger partial charge >= 0.3 is 12.1 Å². The summed E-state index contributed by atoms with van der Waals surface area (Å²) in [6, 6.07) is 2.87. The number of alkyl halides is 3. The number of fused-ring (bicyclic) bond motifs is 1. The van der Waals surface area contributed by atoms with E-state index in [1.54, 1.807) is 0 Å². The molecule has 1 atom stereocenters. The lowest BCUT2D eigenvalue weighted by Crippen LogP contribution is -2.40. The van der Waals surface area contributed by atoms with Gasteiger partial charge in [0, 0.05) is 24.7 Å². The summed E-state index contributed by atoms with van der Waals surface area (Å²) in [5.74, 6) is -1.69. The van der Waals surface area contributed by atoms with Crippen molar-refractivity contribution in [2.75, 3.05) is 18.0 Å². The van der Waals surface area contributed by atoms with Crippen LogP contribution >= 0.6 is 11.6 Å². The Morgan fingerprint density at radius 3 is 2.55 bits per heavy atom. The van der Waals surface area contributed by atoms with Gasteiger partial charge in [0.1, 0.15) is 5.75 Å². The molecule has 0 bridgehead atoms. The summed E-state index contributed by atoms with van der Waals surface area (Å²) in [5, 5.41) is 9.32. The van der Waals surface area contributed by atoms with Gasteiger partial charge in [-0.2, -0.15) is 13.2 Å². The number of hydrogen-bond donors (Lipinski definition) is 1. The maximum atomic E-state index is 13.0. The van der Waals surface area contributed by atoms with Crippen LogP contribution in [-0.2, 0) is 4.79 Å². The van der Waals surface area contributed by atoms with Gasteiger partial charge in [-0.15, -0.1) is 0 Å². The predicted molar refractivity (Wildman–Crippen MR) is 74.4 cm³/mol. The zero-order chi connectivity index (χ0) is 16.1. The molecule has 2 aliphatic heterocycles. The number of benzene rings is 1. The molecule has 2 heterocycles. The minimum atomic E-state index is -4.81. The van der Waals surface area contributed by atoms with Crippen LogP contribution in [0.3, 0.4) is 0 Å². The summed E-state index contributed by atoms with van der Waals surface area (Å²) in [6.45, 7) is 1.55. The number of nitrogens with zero attached hydrogens (tertiary/aromatic N) is 1. The van der Waals surface area contributed by atoms with Gasteiger partial charge in [0.25, 0.3) is 0 Å². The smallest absolute Gasteiger partial charge is 0.430 e. The van der Waals surface area contributed by atoms with E-state index in [0.29, 0.717) is 10.7 Å². The van der Waals surface area contributed by atoms with Crippen molar-refractivity contribution >= 4 is 29.3 Å². The quantitative estimate of drug-likeness (QED) is 0.902. The van der Waals surface area contributed by atoms with Crippen LogP contribution in [0.5, 0.6) is 5.75 Å². The standard InChI is InChI=1S/C14H11ClF3NO3/c15-9-5-7-4-8(13(20)21)12(14(16,17)18)22-11(7)6-10(9)19-2-1-3-19/h4-6,12H,1-3H2,(H,20,21). The third kappa shape index (κ3) is 2.49. The molecule has 0 aliphatic carbocycles. The van der Waals surface area contributed by atoms with E-state index >= 15 is 0 Å². The lowest BCUT2D eigenvalue weighted by molar-refractivity contribution is -0.187. The van der Waals surface area contributed by atoms with Crippen molar-refractivity contribution in [3.05, 3.63) is 28.3 Å². The van der Waals surface area contributed by atoms with E-state index in [0.717, 1.165) is 25.6 Å². The van der Waals surface area contributed by atoms with Crippen LogP contribution in [0, 0.1) is 0 Å². The normalized spacial score (nSPS) is 20.6. The maximum Gasteiger partial charge on any atom is 0.430 e. The molecule has 1 unspecified atom stereocenters. The summed E-state index contributed by atoms with van der Waals surface area (Å²) in [7, 11) is 0. The van der Waals surface area contributed by atoms with E-state index in [1.807, 2.05) is 4.90 Å². The van der Waals surface area contributed by atoms with Crippen LogP contribution < -0.4 is 9.64 Å². The highest BCUT2D eigenvalue weighted by Crippen LogP contribution is 2.42. The molecular formula is C14H11ClF3NO3. The van der Waals surface area contributed by atoms with Crippen molar-refractivity contribution in [1.29, 1.82) is 0 Å². The Hall–Kier alpha value is -1.89. The van der Waals surface area contributed by atoms with Crippen LogP contribution in [0.1, 0.15) is 12.0 Å². The molecule has 1 aromatic carbocycles. The van der Waals surface area contributed by atoms with Crippen LogP contribution in [0.4, 0.5) is 18.9 Å². The van der Waals surface area contributed by atoms with Crippen molar-refractivity contribution in [3.63, 3.8) is 0 Å². The maximum absolute atomic E-state index is 13.0. The van der Waals surface area contributed by atoms with E-state index in [4.69, 9.17) is 21.4 Å². The number of carboxylic acid groups (broad SMARTS) is 1. The molecule has 118 valence electrons. The lowest BCUT2D eigenvalue weighted by Gasteiger charge is -2.35. The number of anilines is 1. The van der Waals surface area contributed by atoms with Gasteiger partial charge in [0.2, 0.25) is 6.10 Å². The predicted octanol–water partition coefficient (Wildman–Crippen LogP) is 3.34. The molecule has 3 rings (SSSR count). The molecule has 0 aromatic heterocycles. The van der Waals surface area contributed by atoms with Gasteiger partial charge in [-0.25, -0.2) is 4.79 Å². The second kappa shape index (κ2) is 5.08. The topological polar surface area (TPSA) is 49.8 Å². The fraction of sp³-hybridized carbons (Fsp3) is 0.357. The molecule has 2 aliphatic rings. The number of aliphatic carboxylic acids is 1. The van der Waals surface area contributed by atoms with Gasteiger partial charge in [-0.05, 0) is 18.6 Å². The highest BCUT2D eigenvalue weighted by atomic mass is 35.5. The van der Waals surface area contributed by atoms with Gasteiger partial charge in [-0.1, -0.05) is 11.6 Å². The number of ether oxygens (including phenoxy) is 1. The first-order chi connectivity index (χ1) is 10.3. The Morgan fingerprint density at radius 1 is 1.36 bits per heavy atom. The van der Waals surface area contributed by atoms with Crippen LogP contribution in [0.25, 0.3) is 6.08 Å². The number of hydrogen-bond acceptors (Lipinski definition) is 3. The molecule has 4 nitrogen and oxygen atoms in total. The first kappa shape index (κ1) is 15.0. The SMILES string of the molecule is O=C(O)C1=Cc2cc(Cl)c(N3CCC3)cc2OC1C(F)(F)F. The van der Waals surface area contributed by atoms with Gasteiger partial charge in [0.15, 0.2) is 0 Å². The van der Waals surface area contributed by atoms with Crippen LogP contribution in [0.2, 0.25) is 5.02 Å². The lowest BCUT2D eigenvalue weighted by atomic mass is 10.0. The summed E-state index contributed by atoms with van der Waals surface area (Å²) >= 11 is 6.13. The van der Waals surface area contributed by atoms with Crippen LogP contribution in [-0.4, -0.2) is 36.4 Å². The first-order valence-electron chi connectivity index (χ1n) is 6.54. The first-order valence-corrected chi connectivity index (χ1v) is 6.92. The van der Waals surface area contributed by atoms with Gasteiger partial charge in [-0.3, -0.25) is 0 Å². The second-order valence-electron chi connectivity index (χ2n) is 5.13. The van der Waals surface area contributed by atoms with Crippen LogP contribution in [0.15, 0.2) is 17.7 Å². The average molecular weight is 334 g/mol. The van der Waals surface area contributed by atoms with E-state index in [2.05, 4.69) is 0 Å². The molecule has 22 heavy (non-hydrogen) atoms. The summed E-state index contributed by atoms with van der Waals surface area (Å²) in [4.78, 5) is 13.0. The summed E-state index contributed by atoms with van der Waals surface area (Å²) < 4.78 is 43.9. The Morgan fingerprint density at radius 2 is 2.05 bits per heavy atom. The van der Waals surface area contributed by atoms with Crippen molar-refractivity contribution in [2.45, 2.75) is 18.7 Å². The summed E-state index contributed by atoms with van der Waals surface area (Å²) in [5.41, 5.74) is -0.0280. The highest BCUT2D eigenvalue weighted by molar-refractivity contribution is 6.33. The zero-order valence-corrected chi connectivity index (χ0v) is 11.9. The fourth-order valence-electron chi connectivity index (χ4n) is 2.42. The number of carboxylic acids is 1. The molecule has 1 saturated heterocycles. The fourth-order valence-corrected chi connectivity index (χ4v) is 2.71. The minimum absolute atomic E-state index is 0.0152. The van der Waals surface area contributed by atoms with Gasteiger partial charge in [0.05, 0.1) is 16.3 Å². The highest BCUT2D eigenvalue weighted by Gasteiger charge is 2.48. The monoisotopic (exact) mass is 333 g/mol. The second-order valence-corrected chi connectivity index (χ2v) is 5.53. The molecule has 8 heteroatoms.